The molecule has 2 N–H and O–H groups in total. The topological polar surface area (TPSA) is 62.8 Å². The van der Waals surface area contributed by atoms with E-state index in [-0.39, 0.29) is 42.4 Å². The predicted octanol–water partition coefficient (Wildman–Crippen LogP) is 0.970. The van der Waals surface area contributed by atoms with Crippen molar-refractivity contribution in [2.75, 3.05) is 52.5 Å². The molecule has 1 unspecified atom stereocenters. The largest absolute Gasteiger partial charge is 0.381 e. The average Bonchev–Trinajstić information content (AvgIpc) is 2.62. The van der Waals surface area contributed by atoms with Crippen molar-refractivity contribution in [2.24, 2.45) is 0 Å². The molecule has 0 aromatic carbocycles. The summed E-state index contributed by atoms with van der Waals surface area (Å²) in [5.74, 6) is 0.0232. The van der Waals surface area contributed by atoms with E-state index in [1.165, 1.54) is 19.3 Å². The van der Waals surface area contributed by atoms with Gasteiger partial charge in [0.25, 0.3) is 5.91 Å². The Hall–Kier alpha value is -0.110. The lowest BCUT2D eigenvalue weighted by molar-refractivity contribution is -0.135. The number of nitrogens with zero attached hydrogens (tertiary/aromatic N) is 1. The quantitative estimate of drug-likeness (QED) is 0.757. The summed E-state index contributed by atoms with van der Waals surface area (Å²) in [6, 6.07) is 0. The SMILES string of the molecule is Cl.Cl.O=C(NCC1(N2CCCCC2)CCOCC1)C1CNCCO1. The third kappa shape index (κ3) is 5.44. The van der Waals surface area contributed by atoms with Gasteiger partial charge in [0, 0.05) is 38.4 Å². The molecule has 6 nitrogen and oxygen atoms in total. The van der Waals surface area contributed by atoms with Crippen molar-refractivity contribution in [3.05, 3.63) is 0 Å². The summed E-state index contributed by atoms with van der Waals surface area (Å²) in [6.45, 7) is 6.68. The normalized spacial score (nSPS) is 27.4. The van der Waals surface area contributed by atoms with Gasteiger partial charge in [-0.15, -0.1) is 24.8 Å². The molecule has 0 aromatic rings. The molecule has 8 heteroatoms. The number of piperidine rings is 1. The summed E-state index contributed by atoms with van der Waals surface area (Å²) in [7, 11) is 0. The molecular formula is C16H31Cl2N3O3. The van der Waals surface area contributed by atoms with Crippen LogP contribution in [-0.4, -0.2) is 75.0 Å². The van der Waals surface area contributed by atoms with E-state index in [0.29, 0.717) is 13.2 Å². The fraction of sp³-hybridized carbons (Fsp3) is 0.938. The molecule has 0 bridgehead atoms. The number of rotatable bonds is 4. The average molecular weight is 384 g/mol. The van der Waals surface area contributed by atoms with E-state index in [0.717, 1.165) is 52.2 Å². The van der Waals surface area contributed by atoms with Gasteiger partial charge in [0.2, 0.25) is 0 Å². The molecule has 3 saturated heterocycles. The first kappa shape index (κ1) is 21.9. The fourth-order valence-electron chi connectivity index (χ4n) is 3.82. The number of carbonyl (C=O) groups is 1. The van der Waals surface area contributed by atoms with Crippen molar-refractivity contribution in [3.63, 3.8) is 0 Å². The van der Waals surface area contributed by atoms with Gasteiger partial charge in [0.15, 0.2) is 0 Å². The number of hydrogen-bond acceptors (Lipinski definition) is 5. The van der Waals surface area contributed by atoms with Crippen molar-refractivity contribution < 1.29 is 14.3 Å². The Morgan fingerprint density at radius 1 is 1.12 bits per heavy atom. The molecule has 3 heterocycles. The highest BCUT2D eigenvalue weighted by atomic mass is 35.5. The summed E-state index contributed by atoms with van der Waals surface area (Å²) in [5, 5.41) is 6.37. The van der Waals surface area contributed by atoms with Crippen LogP contribution in [0.3, 0.4) is 0 Å². The van der Waals surface area contributed by atoms with Gasteiger partial charge < -0.3 is 20.1 Å². The van der Waals surface area contributed by atoms with Crippen molar-refractivity contribution in [3.8, 4) is 0 Å². The Morgan fingerprint density at radius 3 is 2.46 bits per heavy atom. The molecule has 0 aromatic heterocycles. The van der Waals surface area contributed by atoms with Gasteiger partial charge in [-0.3, -0.25) is 9.69 Å². The minimum atomic E-state index is -0.341. The number of carbonyl (C=O) groups excluding carboxylic acids is 1. The molecule has 1 atom stereocenters. The maximum atomic E-state index is 12.3. The summed E-state index contributed by atoms with van der Waals surface area (Å²) < 4.78 is 11.1. The molecule has 0 spiro atoms. The Kier molecular flexibility index (Phi) is 9.86. The monoisotopic (exact) mass is 383 g/mol. The van der Waals surface area contributed by atoms with E-state index in [2.05, 4.69) is 15.5 Å². The van der Waals surface area contributed by atoms with Gasteiger partial charge in [0.05, 0.1) is 6.61 Å². The molecule has 0 aliphatic carbocycles. The predicted molar refractivity (Wildman–Crippen MR) is 98.3 cm³/mol. The molecule has 0 saturated carbocycles. The van der Waals surface area contributed by atoms with Crippen molar-refractivity contribution in [1.29, 1.82) is 0 Å². The van der Waals surface area contributed by atoms with Gasteiger partial charge in [-0.25, -0.2) is 0 Å². The van der Waals surface area contributed by atoms with E-state index < -0.39 is 0 Å². The smallest absolute Gasteiger partial charge is 0.250 e. The zero-order chi connectivity index (χ0) is 15.3. The third-order valence-corrected chi connectivity index (χ3v) is 5.26. The molecule has 3 aliphatic rings. The first-order valence-electron chi connectivity index (χ1n) is 8.73. The zero-order valence-electron chi connectivity index (χ0n) is 14.3. The summed E-state index contributed by atoms with van der Waals surface area (Å²) in [4.78, 5) is 14.9. The van der Waals surface area contributed by atoms with E-state index in [9.17, 15) is 4.79 Å². The van der Waals surface area contributed by atoms with Gasteiger partial charge in [-0.2, -0.15) is 0 Å². The Labute approximate surface area is 157 Å². The van der Waals surface area contributed by atoms with E-state index in [1.807, 2.05) is 0 Å². The Morgan fingerprint density at radius 2 is 1.83 bits per heavy atom. The number of ether oxygens (including phenoxy) is 2. The highest BCUT2D eigenvalue weighted by Crippen LogP contribution is 2.30. The molecule has 3 aliphatic heterocycles. The maximum absolute atomic E-state index is 12.3. The minimum absolute atomic E-state index is 0. The van der Waals surface area contributed by atoms with Crippen molar-refractivity contribution >= 4 is 30.7 Å². The number of nitrogens with one attached hydrogen (secondary N) is 2. The molecule has 3 fully saturated rings. The minimum Gasteiger partial charge on any atom is -0.381 e. The Bertz CT molecular complexity index is 370. The second-order valence-corrected chi connectivity index (χ2v) is 6.67. The van der Waals surface area contributed by atoms with E-state index in [1.54, 1.807) is 0 Å². The molecular weight excluding hydrogens is 353 g/mol. The highest BCUT2D eigenvalue weighted by molar-refractivity contribution is 5.85. The lowest BCUT2D eigenvalue weighted by Gasteiger charge is -2.48. The maximum Gasteiger partial charge on any atom is 0.250 e. The van der Waals surface area contributed by atoms with Crippen LogP contribution in [0.4, 0.5) is 0 Å². The molecule has 24 heavy (non-hydrogen) atoms. The van der Waals surface area contributed by atoms with Crippen LogP contribution in [0.2, 0.25) is 0 Å². The highest BCUT2D eigenvalue weighted by Gasteiger charge is 2.39. The van der Waals surface area contributed by atoms with Crippen molar-refractivity contribution in [2.45, 2.75) is 43.7 Å². The fourth-order valence-corrected chi connectivity index (χ4v) is 3.82. The number of amides is 1. The van der Waals surface area contributed by atoms with Crippen LogP contribution in [-0.2, 0) is 14.3 Å². The molecule has 0 radical (unpaired) electrons. The van der Waals surface area contributed by atoms with Gasteiger partial charge >= 0.3 is 0 Å². The summed E-state index contributed by atoms with van der Waals surface area (Å²) in [5.41, 5.74) is 0.0798. The van der Waals surface area contributed by atoms with Crippen LogP contribution in [0.1, 0.15) is 32.1 Å². The van der Waals surface area contributed by atoms with Gasteiger partial charge in [-0.05, 0) is 38.8 Å². The summed E-state index contributed by atoms with van der Waals surface area (Å²) in [6.07, 6.45) is 5.55. The van der Waals surface area contributed by atoms with Crippen LogP contribution >= 0.6 is 24.8 Å². The number of hydrogen-bond donors (Lipinski definition) is 2. The molecule has 1 amide bonds. The van der Waals surface area contributed by atoms with Crippen LogP contribution in [0.5, 0.6) is 0 Å². The van der Waals surface area contributed by atoms with Gasteiger partial charge in [-0.1, -0.05) is 6.42 Å². The van der Waals surface area contributed by atoms with Crippen LogP contribution < -0.4 is 10.6 Å². The third-order valence-electron chi connectivity index (χ3n) is 5.26. The van der Waals surface area contributed by atoms with Crippen molar-refractivity contribution in [1.82, 2.24) is 15.5 Å². The second-order valence-electron chi connectivity index (χ2n) is 6.67. The number of likely N-dealkylation sites (tertiary alicyclic amines) is 1. The van der Waals surface area contributed by atoms with E-state index in [4.69, 9.17) is 9.47 Å². The van der Waals surface area contributed by atoms with Crippen LogP contribution in [0.15, 0.2) is 0 Å². The number of morpholine rings is 1. The second kappa shape index (κ2) is 10.8. The van der Waals surface area contributed by atoms with E-state index >= 15 is 0 Å². The standard InChI is InChI=1S/C16H29N3O3.2ClH/c20-15(14-12-17-6-11-22-14)18-13-16(4-9-21-10-5-16)19-7-2-1-3-8-19;;/h14,17H,1-13H2,(H,18,20);2*1H. The lowest BCUT2D eigenvalue weighted by Crippen LogP contribution is -2.61. The zero-order valence-corrected chi connectivity index (χ0v) is 15.9. The Balaban J connectivity index is 0.00000144. The van der Waals surface area contributed by atoms with Gasteiger partial charge in [0.1, 0.15) is 6.10 Å². The first-order chi connectivity index (χ1) is 10.8. The molecule has 142 valence electrons. The lowest BCUT2D eigenvalue weighted by atomic mass is 9.86. The molecule has 3 rings (SSSR count). The van der Waals surface area contributed by atoms with Crippen LogP contribution in [0, 0.1) is 0 Å². The first-order valence-corrected chi connectivity index (χ1v) is 8.73. The number of halogens is 2. The summed E-state index contributed by atoms with van der Waals surface area (Å²) >= 11 is 0. The van der Waals surface area contributed by atoms with Crippen LogP contribution in [0.25, 0.3) is 0 Å².